The highest BCUT2D eigenvalue weighted by Crippen LogP contribution is 2.28. The van der Waals surface area contributed by atoms with E-state index in [9.17, 15) is 18.0 Å². The summed E-state index contributed by atoms with van der Waals surface area (Å²) in [5.74, 6) is -1.09. The highest BCUT2D eigenvalue weighted by atomic mass is 32.2. The SMILES string of the molecule is CCCCNC(=O)COC(=O)c1cc(S(=O)(=O)N2CCCCC2)ccc1N1CCOCC1. The van der Waals surface area contributed by atoms with E-state index in [0.29, 0.717) is 51.6 Å². The first-order chi connectivity index (χ1) is 15.4. The predicted molar refractivity (Wildman–Crippen MR) is 120 cm³/mol. The van der Waals surface area contributed by atoms with E-state index in [1.54, 1.807) is 12.1 Å². The Morgan fingerprint density at radius 2 is 1.81 bits per heavy atom. The fraction of sp³-hybridized carbons (Fsp3) is 0.636. The molecule has 0 saturated carbocycles. The quantitative estimate of drug-likeness (QED) is 0.436. The van der Waals surface area contributed by atoms with E-state index in [2.05, 4.69) is 5.32 Å². The van der Waals surface area contributed by atoms with Crippen LogP contribution in [0.2, 0.25) is 0 Å². The van der Waals surface area contributed by atoms with E-state index in [-0.39, 0.29) is 16.4 Å². The van der Waals surface area contributed by atoms with E-state index in [1.807, 2.05) is 11.8 Å². The summed E-state index contributed by atoms with van der Waals surface area (Å²) >= 11 is 0. The van der Waals surface area contributed by atoms with E-state index >= 15 is 0 Å². The number of esters is 1. The molecule has 1 aromatic rings. The molecule has 178 valence electrons. The number of morpholine rings is 1. The third-order valence-corrected chi connectivity index (χ3v) is 7.57. The van der Waals surface area contributed by atoms with Crippen molar-refractivity contribution in [3.8, 4) is 0 Å². The maximum absolute atomic E-state index is 13.1. The first-order valence-electron chi connectivity index (χ1n) is 11.3. The molecule has 1 aromatic carbocycles. The Kier molecular flexibility index (Phi) is 8.89. The summed E-state index contributed by atoms with van der Waals surface area (Å²) < 4.78 is 38.4. The van der Waals surface area contributed by atoms with Crippen molar-refractivity contribution < 1.29 is 27.5 Å². The summed E-state index contributed by atoms with van der Waals surface area (Å²) in [5.41, 5.74) is 0.730. The molecule has 2 heterocycles. The number of unbranched alkanes of at least 4 members (excludes halogenated alkanes) is 1. The Balaban J connectivity index is 1.82. The van der Waals surface area contributed by atoms with Crippen LogP contribution in [0.4, 0.5) is 5.69 Å². The second-order valence-electron chi connectivity index (χ2n) is 8.02. The van der Waals surface area contributed by atoms with Gasteiger partial charge in [0.15, 0.2) is 6.61 Å². The molecule has 9 nitrogen and oxygen atoms in total. The minimum atomic E-state index is -3.71. The molecule has 0 spiro atoms. The fourth-order valence-electron chi connectivity index (χ4n) is 3.84. The first kappa shape index (κ1) is 24.5. The number of ether oxygens (including phenoxy) is 2. The average molecular weight is 468 g/mol. The molecule has 10 heteroatoms. The molecule has 0 unspecified atom stereocenters. The van der Waals surface area contributed by atoms with Gasteiger partial charge in [0.1, 0.15) is 0 Å². The second kappa shape index (κ2) is 11.6. The maximum Gasteiger partial charge on any atom is 0.340 e. The summed E-state index contributed by atoms with van der Waals surface area (Å²) in [4.78, 5) is 26.9. The van der Waals surface area contributed by atoms with Crippen molar-refractivity contribution in [2.45, 2.75) is 43.9 Å². The minimum absolute atomic E-state index is 0.0655. The van der Waals surface area contributed by atoms with E-state index in [0.717, 1.165) is 32.1 Å². The van der Waals surface area contributed by atoms with Gasteiger partial charge in [0.05, 0.1) is 29.4 Å². The number of carbonyl (C=O) groups is 2. The number of nitrogens with one attached hydrogen (secondary N) is 1. The van der Waals surface area contributed by atoms with Crippen LogP contribution in [0.5, 0.6) is 0 Å². The number of benzene rings is 1. The minimum Gasteiger partial charge on any atom is -0.452 e. The van der Waals surface area contributed by atoms with Crippen LogP contribution in [0.1, 0.15) is 49.4 Å². The third-order valence-electron chi connectivity index (χ3n) is 5.68. The standard InChI is InChI=1S/C22H33N3O6S/c1-2-3-9-23-21(26)17-31-22(27)19-16-18(32(28,29)25-10-5-4-6-11-25)7-8-20(19)24-12-14-30-15-13-24/h7-8,16H,2-6,9-15,17H2,1H3,(H,23,26). The largest absolute Gasteiger partial charge is 0.452 e. The monoisotopic (exact) mass is 467 g/mol. The number of carbonyl (C=O) groups excluding carboxylic acids is 2. The van der Waals surface area contributed by atoms with Gasteiger partial charge in [-0.2, -0.15) is 4.31 Å². The number of anilines is 1. The van der Waals surface area contributed by atoms with E-state index in [4.69, 9.17) is 9.47 Å². The molecule has 0 radical (unpaired) electrons. The highest BCUT2D eigenvalue weighted by molar-refractivity contribution is 7.89. The van der Waals surface area contributed by atoms with Crippen LogP contribution in [0, 0.1) is 0 Å². The lowest BCUT2D eigenvalue weighted by Crippen LogP contribution is -2.38. The summed E-state index contributed by atoms with van der Waals surface area (Å²) in [7, 11) is -3.71. The van der Waals surface area contributed by atoms with Gasteiger partial charge < -0.3 is 19.7 Å². The normalized spacial score (nSPS) is 17.7. The fourth-order valence-corrected chi connectivity index (χ4v) is 5.38. The Morgan fingerprint density at radius 3 is 2.50 bits per heavy atom. The molecule has 32 heavy (non-hydrogen) atoms. The van der Waals surface area contributed by atoms with Crippen molar-refractivity contribution in [1.82, 2.24) is 9.62 Å². The molecule has 2 aliphatic rings. The third kappa shape index (κ3) is 6.20. The molecule has 3 rings (SSSR count). The van der Waals surface area contributed by atoms with Gasteiger partial charge in [0.25, 0.3) is 5.91 Å². The molecule has 0 bridgehead atoms. The van der Waals surface area contributed by atoms with E-state index < -0.39 is 22.6 Å². The number of amides is 1. The highest BCUT2D eigenvalue weighted by Gasteiger charge is 2.29. The number of hydrogen-bond acceptors (Lipinski definition) is 7. The van der Waals surface area contributed by atoms with Crippen LogP contribution in [0.15, 0.2) is 23.1 Å². The Labute approximate surface area is 190 Å². The van der Waals surface area contributed by atoms with Crippen molar-refractivity contribution >= 4 is 27.6 Å². The summed E-state index contributed by atoms with van der Waals surface area (Å²) in [6.07, 6.45) is 4.46. The van der Waals surface area contributed by atoms with Gasteiger partial charge in [-0.1, -0.05) is 19.8 Å². The van der Waals surface area contributed by atoms with Gasteiger partial charge in [-0.3, -0.25) is 4.79 Å². The average Bonchev–Trinajstić information content (AvgIpc) is 2.83. The lowest BCUT2D eigenvalue weighted by molar-refractivity contribution is -0.124. The van der Waals surface area contributed by atoms with Crippen LogP contribution in [0.3, 0.4) is 0 Å². The molecular formula is C22H33N3O6S. The number of hydrogen-bond donors (Lipinski definition) is 1. The summed E-state index contributed by atoms with van der Waals surface area (Å²) in [6, 6.07) is 4.58. The second-order valence-corrected chi connectivity index (χ2v) is 9.96. The van der Waals surface area contributed by atoms with Gasteiger partial charge >= 0.3 is 5.97 Å². The van der Waals surface area contributed by atoms with Gasteiger partial charge in [-0.15, -0.1) is 0 Å². The van der Waals surface area contributed by atoms with Gasteiger partial charge in [0, 0.05) is 32.7 Å². The molecule has 2 saturated heterocycles. The Morgan fingerprint density at radius 1 is 1.09 bits per heavy atom. The molecule has 2 fully saturated rings. The number of nitrogens with zero attached hydrogens (tertiary/aromatic N) is 2. The molecule has 0 aliphatic carbocycles. The zero-order valence-corrected chi connectivity index (χ0v) is 19.5. The van der Waals surface area contributed by atoms with Crippen LogP contribution >= 0.6 is 0 Å². The van der Waals surface area contributed by atoms with Crippen molar-refractivity contribution in [3.05, 3.63) is 23.8 Å². The number of piperidine rings is 1. The van der Waals surface area contributed by atoms with Crippen LogP contribution in [-0.2, 0) is 24.3 Å². The predicted octanol–water partition coefficient (Wildman–Crippen LogP) is 1.77. The zero-order valence-electron chi connectivity index (χ0n) is 18.7. The lowest BCUT2D eigenvalue weighted by atomic mass is 10.1. The molecule has 0 atom stereocenters. The lowest BCUT2D eigenvalue weighted by Gasteiger charge is -2.31. The van der Waals surface area contributed by atoms with Gasteiger partial charge in [-0.25, -0.2) is 13.2 Å². The number of rotatable bonds is 9. The Hall–Kier alpha value is -2.17. The van der Waals surface area contributed by atoms with Gasteiger partial charge in [0.2, 0.25) is 10.0 Å². The van der Waals surface area contributed by atoms with Crippen molar-refractivity contribution in [1.29, 1.82) is 0 Å². The molecule has 0 aromatic heterocycles. The first-order valence-corrected chi connectivity index (χ1v) is 12.8. The summed E-state index contributed by atoms with van der Waals surface area (Å²) in [6.45, 7) is 5.28. The topological polar surface area (TPSA) is 105 Å². The number of sulfonamides is 1. The molecule has 2 aliphatic heterocycles. The molecule has 1 amide bonds. The van der Waals surface area contributed by atoms with Crippen molar-refractivity contribution in [2.24, 2.45) is 0 Å². The van der Waals surface area contributed by atoms with Crippen LogP contribution in [-0.4, -0.2) is 77.1 Å². The smallest absolute Gasteiger partial charge is 0.340 e. The van der Waals surface area contributed by atoms with Crippen molar-refractivity contribution in [2.75, 3.05) is 57.4 Å². The van der Waals surface area contributed by atoms with Crippen molar-refractivity contribution in [3.63, 3.8) is 0 Å². The molecular weight excluding hydrogens is 434 g/mol. The van der Waals surface area contributed by atoms with E-state index in [1.165, 1.54) is 10.4 Å². The maximum atomic E-state index is 13.1. The zero-order chi connectivity index (χ0) is 23.0. The van der Waals surface area contributed by atoms with Crippen LogP contribution < -0.4 is 10.2 Å². The van der Waals surface area contributed by atoms with Gasteiger partial charge in [-0.05, 0) is 37.5 Å². The Bertz CT molecular complexity index is 893. The summed E-state index contributed by atoms with van der Waals surface area (Å²) in [5, 5.41) is 2.70. The molecule has 1 N–H and O–H groups in total. The van der Waals surface area contributed by atoms with Crippen LogP contribution in [0.25, 0.3) is 0 Å².